The second-order valence-corrected chi connectivity index (χ2v) is 5.86. The van der Waals surface area contributed by atoms with Gasteiger partial charge in [-0.1, -0.05) is 0 Å². The van der Waals surface area contributed by atoms with Crippen LogP contribution in [0.1, 0.15) is 0 Å². The molecule has 2 N–H and O–H groups in total. The highest BCUT2D eigenvalue weighted by molar-refractivity contribution is 7.25. The fourth-order valence-corrected chi connectivity index (χ4v) is 3.58. The van der Waals surface area contributed by atoms with E-state index in [1.54, 1.807) is 24.4 Å². The summed E-state index contributed by atoms with van der Waals surface area (Å²) in [5.74, 6) is 0.270. The molecule has 4 aromatic rings. The van der Waals surface area contributed by atoms with Crippen LogP contribution in [0, 0.1) is 0 Å². The minimum absolute atomic E-state index is 0.123. The Balaban J connectivity index is 2.06. The van der Waals surface area contributed by atoms with Gasteiger partial charge >= 0.3 is 0 Å². The van der Waals surface area contributed by atoms with Gasteiger partial charge in [-0.25, -0.2) is 4.98 Å². The summed E-state index contributed by atoms with van der Waals surface area (Å²) in [6, 6.07) is 9.72. The molecule has 0 aliphatic rings. The third-order valence-electron chi connectivity index (χ3n) is 3.54. The molecule has 0 radical (unpaired) electrons. The Morgan fingerprint density at radius 3 is 2.59 bits per heavy atom. The average Bonchev–Trinajstić information content (AvgIpc) is 2.90. The van der Waals surface area contributed by atoms with Gasteiger partial charge in [-0.3, -0.25) is 9.36 Å². The number of fused-ring (bicyclic) bond motifs is 3. The van der Waals surface area contributed by atoms with Crippen LogP contribution >= 0.6 is 11.3 Å². The van der Waals surface area contributed by atoms with Crippen molar-refractivity contribution in [1.82, 2.24) is 9.55 Å². The quantitative estimate of drug-likeness (QED) is 0.567. The van der Waals surface area contributed by atoms with Gasteiger partial charge in [0.1, 0.15) is 21.0 Å². The molecule has 1 aromatic carbocycles. The monoisotopic (exact) mass is 310 g/mol. The maximum atomic E-state index is 12.7. The average molecular weight is 310 g/mol. The number of aromatic nitrogens is 2. The van der Waals surface area contributed by atoms with Crippen molar-refractivity contribution in [3.8, 4) is 17.2 Å². The molecule has 22 heavy (non-hydrogen) atoms. The molecule has 0 atom stereocenters. The van der Waals surface area contributed by atoms with Crippen molar-refractivity contribution in [3.63, 3.8) is 0 Å². The van der Waals surface area contributed by atoms with E-state index in [0.717, 1.165) is 0 Å². The van der Waals surface area contributed by atoms with Crippen molar-refractivity contribution in [3.05, 3.63) is 59.1 Å². The number of aromatic hydroxyl groups is 2. The zero-order valence-corrected chi connectivity index (χ0v) is 12.0. The number of phenols is 1. The van der Waals surface area contributed by atoms with Gasteiger partial charge in [-0.2, -0.15) is 0 Å². The Morgan fingerprint density at radius 2 is 1.82 bits per heavy atom. The minimum atomic E-state index is -0.175. The van der Waals surface area contributed by atoms with Crippen LogP contribution in [0.4, 0.5) is 0 Å². The summed E-state index contributed by atoms with van der Waals surface area (Å²) in [5, 5.41) is 20.7. The van der Waals surface area contributed by atoms with Crippen LogP contribution < -0.4 is 5.56 Å². The van der Waals surface area contributed by atoms with E-state index in [4.69, 9.17) is 0 Å². The molecule has 6 heteroatoms. The number of rotatable bonds is 1. The fraction of sp³-hybridized carbons (Fsp3) is 0. The predicted molar refractivity (Wildman–Crippen MR) is 86.1 cm³/mol. The van der Waals surface area contributed by atoms with E-state index in [0.29, 0.717) is 26.0 Å². The molecule has 3 aromatic heterocycles. The van der Waals surface area contributed by atoms with Gasteiger partial charge in [0.2, 0.25) is 0 Å². The topological polar surface area (TPSA) is 75.3 Å². The summed E-state index contributed by atoms with van der Waals surface area (Å²) in [6.45, 7) is 0. The molecule has 5 nitrogen and oxygen atoms in total. The molecule has 0 unspecified atom stereocenters. The number of benzene rings is 1. The van der Waals surface area contributed by atoms with Gasteiger partial charge in [-0.05, 0) is 36.4 Å². The highest BCUT2D eigenvalue weighted by Crippen LogP contribution is 2.35. The maximum Gasteiger partial charge on any atom is 0.273 e. The zero-order chi connectivity index (χ0) is 15.3. The second-order valence-electron chi connectivity index (χ2n) is 4.86. The van der Waals surface area contributed by atoms with Gasteiger partial charge in [0.25, 0.3) is 5.56 Å². The van der Waals surface area contributed by atoms with E-state index >= 15 is 0 Å². The van der Waals surface area contributed by atoms with Gasteiger partial charge in [0.05, 0.1) is 5.39 Å². The van der Waals surface area contributed by atoms with Crippen LogP contribution in [0.2, 0.25) is 0 Å². The highest BCUT2D eigenvalue weighted by Gasteiger charge is 2.14. The molecule has 0 saturated heterocycles. The van der Waals surface area contributed by atoms with Crippen molar-refractivity contribution >= 4 is 31.6 Å². The lowest BCUT2D eigenvalue weighted by Crippen LogP contribution is -2.16. The van der Waals surface area contributed by atoms with Gasteiger partial charge < -0.3 is 10.2 Å². The Bertz CT molecular complexity index is 1060. The molecule has 108 valence electrons. The van der Waals surface area contributed by atoms with Gasteiger partial charge in [-0.15, -0.1) is 11.3 Å². The largest absolute Gasteiger partial charge is 0.508 e. The number of thiophene rings is 1. The lowest BCUT2D eigenvalue weighted by molar-refractivity contribution is 0.475. The molecule has 3 heterocycles. The Labute approximate surface area is 128 Å². The first-order valence-corrected chi connectivity index (χ1v) is 7.38. The van der Waals surface area contributed by atoms with Gasteiger partial charge in [0, 0.05) is 23.5 Å². The van der Waals surface area contributed by atoms with E-state index in [9.17, 15) is 15.0 Å². The highest BCUT2D eigenvalue weighted by atomic mass is 32.1. The van der Waals surface area contributed by atoms with Gasteiger partial charge in [0.15, 0.2) is 0 Å². The van der Waals surface area contributed by atoms with Crippen LogP contribution in [-0.4, -0.2) is 19.8 Å². The van der Waals surface area contributed by atoms with Crippen LogP contribution in [-0.2, 0) is 0 Å². The van der Waals surface area contributed by atoms with E-state index in [2.05, 4.69) is 4.98 Å². The SMILES string of the molecule is O=c1c2sc3nccc(O)c3c2ccn1-c1ccc(O)cc1. The van der Waals surface area contributed by atoms with E-state index in [-0.39, 0.29) is 17.1 Å². The lowest BCUT2D eigenvalue weighted by atomic mass is 10.2. The molecule has 0 fully saturated rings. The molecule has 0 aliphatic carbocycles. The molecule has 0 bridgehead atoms. The van der Waals surface area contributed by atoms with E-state index in [1.165, 1.54) is 40.3 Å². The summed E-state index contributed by atoms with van der Waals surface area (Å²) in [5.41, 5.74) is 0.491. The first-order chi connectivity index (χ1) is 10.6. The zero-order valence-electron chi connectivity index (χ0n) is 11.2. The van der Waals surface area contributed by atoms with E-state index < -0.39 is 0 Å². The molecule has 0 aliphatic heterocycles. The van der Waals surface area contributed by atoms with E-state index in [1.807, 2.05) is 0 Å². The first kappa shape index (κ1) is 12.8. The Kier molecular flexibility index (Phi) is 2.67. The third-order valence-corrected chi connectivity index (χ3v) is 4.64. The first-order valence-electron chi connectivity index (χ1n) is 6.56. The standard InChI is InChI=1S/C16H10N2O3S/c19-10-3-1-9(2-4-10)18-8-6-11-13-12(20)5-7-17-15(13)22-14(11)16(18)21/h1-8,19H,(H,17,20). The molecule has 0 amide bonds. The van der Waals surface area contributed by atoms with Crippen LogP contribution in [0.3, 0.4) is 0 Å². The molecule has 4 rings (SSSR count). The van der Waals surface area contributed by atoms with Crippen LogP contribution in [0.25, 0.3) is 26.0 Å². The normalized spacial score (nSPS) is 11.3. The summed E-state index contributed by atoms with van der Waals surface area (Å²) in [7, 11) is 0. The lowest BCUT2D eigenvalue weighted by Gasteiger charge is -2.05. The molecule has 0 spiro atoms. The number of phenolic OH excluding ortho intramolecular Hbond substituents is 1. The smallest absolute Gasteiger partial charge is 0.273 e. The second kappa shape index (κ2) is 4.57. The Hall–Kier alpha value is -2.86. The maximum absolute atomic E-state index is 12.7. The number of nitrogens with zero attached hydrogens (tertiary/aromatic N) is 2. The molecular weight excluding hydrogens is 300 g/mol. The summed E-state index contributed by atoms with van der Waals surface area (Å²) in [4.78, 5) is 17.5. The summed E-state index contributed by atoms with van der Waals surface area (Å²) < 4.78 is 2.05. The van der Waals surface area contributed by atoms with Crippen molar-refractivity contribution in [2.75, 3.05) is 0 Å². The van der Waals surface area contributed by atoms with Crippen molar-refractivity contribution in [2.24, 2.45) is 0 Å². The van der Waals surface area contributed by atoms with Crippen molar-refractivity contribution in [2.45, 2.75) is 0 Å². The number of hydrogen-bond acceptors (Lipinski definition) is 5. The number of pyridine rings is 2. The minimum Gasteiger partial charge on any atom is -0.508 e. The summed E-state index contributed by atoms with van der Waals surface area (Å²) in [6.07, 6.45) is 3.18. The number of hydrogen-bond donors (Lipinski definition) is 2. The van der Waals surface area contributed by atoms with Crippen molar-refractivity contribution < 1.29 is 10.2 Å². The Morgan fingerprint density at radius 1 is 1.05 bits per heavy atom. The van der Waals surface area contributed by atoms with Crippen LogP contribution in [0.15, 0.2) is 53.6 Å². The molecular formula is C16H10N2O3S. The van der Waals surface area contributed by atoms with Crippen LogP contribution in [0.5, 0.6) is 11.5 Å². The van der Waals surface area contributed by atoms with Crippen molar-refractivity contribution in [1.29, 1.82) is 0 Å². The predicted octanol–water partition coefficient (Wildman–Crippen LogP) is 3.01. The third kappa shape index (κ3) is 1.78. The fourth-order valence-electron chi connectivity index (χ4n) is 2.49. The molecule has 0 saturated carbocycles. The summed E-state index contributed by atoms with van der Waals surface area (Å²) >= 11 is 1.26.